The molecule has 0 aromatic carbocycles. The lowest BCUT2D eigenvalue weighted by Crippen LogP contribution is -2.40. The van der Waals surface area contributed by atoms with E-state index in [1.807, 2.05) is 6.92 Å². The van der Waals surface area contributed by atoms with Gasteiger partial charge in [-0.1, -0.05) is 90.4 Å². The maximum absolute atomic E-state index is 9.83. The molecule has 1 N–H and O–H groups in total. The first-order chi connectivity index (χ1) is 14.8. The first kappa shape index (κ1) is 31.2. The Bertz CT molecular complexity index is 366. The Kier molecular flexibility index (Phi) is 22.2. The summed E-state index contributed by atoms with van der Waals surface area (Å²) in [7, 11) is 4.54. The summed E-state index contributed by atoms with van der Waals surface area (Å²) < 4.78 is 17.3. The van der Waals surface area contributed by atoms with Crippen molar-refractivity contribution in [1.82, 2.24) is 0 Å². The van der Waals surface area contributed by atoms with Crippen molar-refractivity contribution in [2.45, 2.75) is 116 Å². The Morgan fingerprint density at radius 2 is 1.13 bits per heavy atom. The van der Waals surface area contributed by atoms with E-state index in [4.69, 9.17) is 13.8 Å². The Morgan fingerprint density at radius 1 is 0.677 bits per heavy atom. The number of likely N-dealkylation sites (N-methyl/N-ethyl adjacent to an activating group) is 1. The zero-order valence-electron chi connectivity index (χ0n) is 21.6. The van der Waals surface area contributed by atoms with E-state index in [9.17, 15) is 4.89 Å². The summed E-state index contributed by atoms with van der Waals surface area (Å²) in [6, 6.07) is 0. The summed E-state index contributed by atoms with van der Waals surface area (Å²) in [5.74, 6) is 0. The van der Waals surface area contributed by atoms with Crippen LogP contribution in [0.1, 0.15) is 110 Å². The van der Waals surface area contributed by atoms with Gasteiger partial charge in [0.1, 0.15) is 12.6 Å². The van der Waals surface area contributed by atoms with Gasteiger partial charge in [-0.3, -0.25) is 0 Å². The van der Waals surface area contributed by atoms with Crippen molar-refractivity contribution in [3.63, 3.8) is 0 Å². The van der Waals surface area contributed by atoms with E-state index < -0.39 is 8.60 Å². The average Bonchev–Trinajstić information content (AvgIpc) is 2.68. The number of unbranched alkanes of at least 4 members (excludes halogenated alkanes) is 13. The second kappa shape index (κ2) is 22.0. The van der Waals surface area contributed by atoms with Gasteiger partial charge in [0.25, 0.3) is 0 Å². The van der Waals surface area contributed by atoms with E-state index in [1.165, 1.54) is 83.5 Å². The maximum atomic E-state index is 9.83. The van der Waals surface area contributed by atoms with Crippen molar-refractivity contribution >= 4 is 8.60 Å². The molecule has 0 saturated carbocycles. The zero-order chi connectivity index (χ0) is 23.2. The third-order valence-corrected chi connectivity index (χ3v) is 6.30. The van der Waals surface area contributed by atoms with E-state index in [0.717, 1.165) is 30.5 Å². The molecular formula is C25H55NO4P+. The summed E-state index contributed by atoms with van der Waals surface area (Å²) in [5, 5.41) is 0. The molecule has 2 atom stereocenters. The highest BCUT2D eigenvalue weighted by Gasteiger charge is 2.18. The van der Waals surface area contributed by atoms with Crippen LogP contribution < -0.4 is 0 Å². The van der Waals surface area contributed by atoms with Gasteiger partial charge in [-0.05, 0) is 19.8 Å². The van der Waals surface area contributed by atoms with E-state index in [-0.39, 0.29) is 6.10 Å². The van der Waals surface area contributed by atoms with Crippen molar-refractivity contribution in [2.24, 2.45) is 0 Å². The molecule has 31 heavy (non-hydrogen) atoms. The van der Waals surface area contributed by atoms with Crippen molar-refractivity contribution in [3.05, 3.63) is 0 Å². The van der Waals surface area contributed by atoms with Gasteiger partial charge in [0.05, 0.1) is 27.7 Å². The van der Waals surface area contributed by atoms with Crippen LogP contribution in [0.2, 0.25) is 0 Å². The fourth-order valence-electron chi connectivity index (χ4n) is 3.79. The fraction of sp³-hybridized carbons (Fsp3) is 1.00. The van der Waals surface area contributed by atoms with Crippen LogP contribution in [0, 0.1) is 0 Å². The van der Waals surface area contributed by atoms with Crippen LogP contribution in [0.3, 0.4) is 0 Å². The highest BCUT2D eigenvalue weighted by Crippen LogP contribution is 2.34. The number of ether oxygens (including phenoxy) is 1. The smallest absolute Gasteiger partial charge is 0.330 e. The van der Waals surface area contributed by atoms with Crippen molar-refractivity contribution in [1.29, 1.82) is 0 Å². The Morgan fingerprint density at radius 3 is 1.61 bits per heavy atom. The van der Waals surface area contributed by atoms with Gasteiger partial charge < -0.3 is 23.2 Å². The molecule has 0 aromatic rings. The van der Waals surface area contributed by atoms with E-state index in [0.29, 0.717) is 13.2 Å². The lowest BCUT2D eigenvalue weighted by molar-refractivity contribution is -0.873. The van der Waals surface area contributed by atoms with Crippen LogP contribution in [-0.4, -0.2) is 63.0 Å². The quantitative estimate of drug-likeness (QED) is 0.0930. The second-order valence-electron chi connectivity index (χ2n) is 10.0. The molecule has 0 aliphatic carbocycles. The van der Waals surface area contributed by atoms with Crippen LogP contribution in [0.5, 0.6) is 0 Å². The highest BCUT2D eigenvalue weighted by molar-refractivity contribution is 7.40. The number of quaternary nitrogens is 1. The molecular weight excluding hydrogens is 409 g/mol. The summed E-state index contributed by atoms with van der Waals surface area (Å²) in [6.45, 7) is 7.10. The lowest BCUT2D eigenvalue weighted by Gasteiger charge is -2.27. The van der Waals surface area contributed by atoms with Crippen molar-refractivity contribution in [2.75, 3.05) is 47.5 Å². The highest BCUT2D eigenvalue weighted by atomic mass is 31.2. The molecule has 0 fully saturated rings. The summed E-state index contributed by atoms with van der Waals surface area (Å²) in [6.07, 6.45) is 20.1. The lowest BCUT2D eigenvalue weighted by atomic mass is 10.0. The fourth-order valence-corrected chi connectivity index (χ4v) is 4.51. The van der Waals surface area contributed by atoms with Crippen LogP contribution in [0.4, 0.5) is 0 Å². The first-order valence-electron chi connectivity index (χ1n) is 13.0. The molecule has 0 aliphatic heterocycles. The number of rotatable bonds is 24. The molecule has 0 aliphatic rings. The molecule has 0 amide bonds. The molecule has 0 heterocycles. The summed E-state index contributed by atoms with van der Waals surface area (Å²) in [5.41, 5.74) is 0. The van der Waals surface area contributed by atoms with Gasteiger partial charge in [0.2, 0.25) is 0 Å². The minimum absolute atomic E-state index is 0.0207. The first-order valence-corrected chi connectivity index (χ1v) is 14.1. The van der Waals surface area contributed by atoms with Gasteiger partial charge in [-0.25, -0.2) is 0 Å². The zero-order valence-corrected chi connectivity index (χ0v) is 22.5. The summed E-state index contributed by atoms with van der Waals surface area (Å²) >= 11 is 0. The Balaban J connectivity index is 3.21. The molecule has 0 saturated heterocycles. The van der Waals surface area contributed by atoms with Crippen LogP contribution in [0.15, 0.2) is 0 Å². The van der Waals surface area contributed by atoms with E-state index in [2.05, 4.69) is 28.1 Å². The van der Waals surface area contributed by atoms with Gasteiger partial charge in [-0.2, -0.15) is 0 Å². The monoisotopic (exact) mass is 464 g/mol. The van der Waals surface area contributed by atoms with E-state index in [1.54, 1.807) is 0 Å². The van der Waals surface area contributed by atoms with Crippen molar-refractivity contribution < 1.29 is 23.2 Å². The van der Waals surface area contributed by atoms with Gasteiger partial charge in [0, 0.05) is 13.2 Å². The molecule has 0 aromatic heterocycles. The molecule has 5 nitrogen and oxygen atoms in total. The minimum Gasteiger partial charge on any atom is -0.381 e. The summed E-state index contributed by atoms with van der Waals surface area (Å²) in [4.78, 5) is 9.83. The Hall–Kier alpha value is 0.230. The Labute approximate surface area is 195 Å². The predicted octanol–water partition coefficient (Wildman–Crippen LogP) is 7.22. The molecule has 0 spiro atoms. The normalized spacial score (nSPS) is 14.1. The standard InChI is InChI=1S/C25H55NO4P/c1-6-7-8-9-10-11-12-13-14-15-16-17-18-19-21-28-22-20-23-29-31(27)30-25(2)24-26(3,4)5/h25,27H,6-24H2,1-5H3/q+1. The molecule has 0 rings (SSSR count). The van der Waals surface area contributed by atoms with Crippen LogP contribution in [0.25, 0.3) is 0 Å². The largest absolute Gasteiger partial charge is 0.381 e. The number of nitrogens with zero attached hydrogens (tertiary/aromatic N) is 1. The molecule has 6 heteroatoms. The minimum atomic E-state index is -1.78. The predicted molar refractivity (Wildman–Crippen MR) is 134 cm³/mol. The topological polar surface area (TPSA) is 47.9 Å². The molecule has 0 bridgehead atoms. The maximum Gasteiger partial charge on any atom is 0.330 e. The van der Waals surface area contributed by atoms with E-state index >= 15 is 0 Å². The second-order valence-corrected chi connectivity index (χ2v) is 11.0. The number of hydrogen-bond acceptors (Lipinski definition) is 4. The molecule has 2 unspecified atom stereocenters. The number of hydrogen-bond donors (Lipinski definition) is 1. The average molecular weight is 465 g/mol. The third-order valence-electron chi connectivity index (χ3n) is 5.35. The van der Waals surface area contributed by atoms with Gasteiger partial charge >= 0.3 is 8.60 Å². The molecule has 0 radical (unpaired) electrons. The van der Waals surface area contributed by atoms with Gasteiger partial charge in [0.15, 0.2) is 0 Å². The van der Waals surface area contributed by atoms with Gasteiger partial charge in [-0.15, -0.1) is 0 Å². The third kappa shape index (κ3) is 26.4. The molecule has 188 valence electrons. The SMILES string of the molecule is CCCCCCCCCCCCCCCCOCCCOP(O)OC(C)C[N+](C)(C)C. The van der Waals surface area contributed by atoms with Crippen LogP contribution in [-0.2, 0) is 13.8 Å². The van der Waals surface area contributed by atoms with Crippen LogP contribution >= 0.6 is 8.60 Å². The van der Waals surface area contributed by atoms with Crippen molar-refractivity contribution in [3.8, 4) is 0 Å².